The minimum Gasteiger partial charge on any atom is -0.464 e. The molecule has 0 aromatic carbocycles. The number of anilines is 1. The lowest BCUT2D eigenvalue weighted by molar-refractivity contribution is -0.144. The Morgan fingerprint density at radius 2 is 2.25 bits per heavy atom. The van der Waals surface area contributed by atoms with E-state index in [4.69, 9.17) is 10.5 Å². The maximum atomic E-state index is 11.4. The quantitative estimate of drug-likeness (QED) is 0.747. The van der Waals surface area contributed by atoms with E-state index >= 15 is 0 Å². The Labute approximate surface area is 92.8 Å². The SMILES string of the molecule is Nc1ccc(=O)n(CC(=O)OCC2CC2)c1. The minimum absolute atomic E-state index is 0.0728. The van der Waals surface area contributed by atoms with E-state index in [1.165, 1.54) is 22.9 Å². The number of pyridine rings is 1. The number of nitrogens with zero attached hydrogens (tertiary/aromatic N) is 1. The van der Waals surface area contributed by atoms with Crippen LogP contribution >= 0.6 is 0 Å². The average Bonchev–Trinajstić information content (AvgIpc) is 3.04. The van der Waals surface area contributed by atoms with Gasteiger partial charge in [-0.15, -0.1) is 0 Å². The van der Waals surface area contributed by atoms with Crippen LogP contribution in [0.5, 0.6) is 0 Å². The first-order chi connectivity index (χ1) is 7.65. The zero-order chi connectivity index (χ0) is 11.5. The first-order valence-corrected chi connectivity index (χ1v) is 5.27. The molecule has 0 unspecified atom stereocenters. The van der Waals surface area contributed by atoms with Gasteiger partial charge in [-0.2, -0.15) is 0 Å². The second-order valence-corrected chi connectivity index (χ2v) is 4.05. The molecule has 1 fully saturated rings. The van der Waals surface area contributed by atoms with Crippen molar-refractivity contribution < 1.29 is 9.53 Å². The molecular weight excluding hydrogens is 208 g/mol. The van der Waals surface area contributed by atoms with Gasteiger partial charge >= 0.3 is 5.97 Å². The van der Waals surface area contributed by atoms with Crippen LogP contribution in [0.4, 0.5) is 5.69 Å². The summed E-state index contributed by atoms with van der Waals surface area (Å²) in [5.41, 5.74) is 5.72. The maximum Gasteiger partial charge on any atom is 0.326 e. The van der Waals surface area contributed by atoms with Crippen molar-refractivity contribution in [2.24, 2.45) is 5.92 Å². The molecule has 2 N–H and O–H groups in total. The van der Waals surface area contributed by atoms with Gasteiger partial charge in [-0.3, -0.25) is 9.59 Å². The summed E-state index contributed by atoms with van der Waals surface area (Å²) in [6, 6.07) is 2.85. The fraction of sp³-hybridized carbons (Fsp3) is 0.455. The molecule has 1 aromatic heterocycles. The number of nitrogen functional groups attached to an aromatic ring is 1. The van der Waals surface area contributed by atoms with E-state index < -0.39 is 0 Å². The number of aromatic nitrogens is 1. The van der Waals surface area contributed by atoms with E-state index in [0.29, 0.717) is 18.2 Å². The second kappa shape index (κ2) is 4.38. The highest BCUT2D eigenvalue weighted by atomic mass is 16.5. The summed E-state index contributed by atoms with van der Waals surface area (Å²) in [6.07, 6.45) is 3.71. The molecule has 2 rings (SSSR count). The fourth-order valence-electron chi connectivity index (χ4n) is 1.35. The van der Waals surface area contributed by atoms with E-state index in [0.717, 1.165) is 12.8 Å². The van der Waals surface area contributed by atoms with E-state index in [-0.39, 0.29) is 18.1 Å². The van der Waals surface area contributed by atoms with Crippen molar-refractivity contribution in [2.45, 2.75) is 19.4 Å². The van der Waals surface area contributed by atoms with Gasteiger partial charge in [0.1, 0.15) is 6.54 Å². The second-order valence-electron chi connectivity index (χ2n) is 4.05. The first-order valence-electron chi connectivity index (χ1n) is 5.27. The van der Waals surface area contributed by atoms with Gasteiger partial charge in [0.05, 0.1) is 6.61 Å². The molecule has 0 atom stereocenters. The minimum atomic E-state index is -0.389. The Morgan fingerprint density at radius 3 is 2.94 bits per heavy atom. The third-order valence-corrected chi connectivity index (χ3v) is 2.48. The van der Waals surface area contributed by atoms with Gasteiger partial charge in [0.15, 0.2) is 0 Å². The number of rotatable bonds is 4. The predicted molar refractivity (Wildman–Crippen MR) is 58.8 cm³/mol. The van der Waals surface area contributed by atoms with Crippen molar-refractivity contribution in [2.75, 3.05) is 12.3 Å². The van der Waals surface area contributed by atoms with E-state index in [2.05, 4.69) is 0 Å². The highest BCUT2D eigenvalue weighted by molar-refractivity contribution is 5.69. The van der Waals surface area contributed by atoms with Crippen molar-refractivity contribution in [1.82, 2.24) is 4.57 Å². The summed E-state index contributed by atoms with van der Waals surface area (Å²) >= 11 is 0. The summed E-state index contributed by atoms with van der Waals surface area (Å²) in [4.78, 5) is 22.7. The number of ether oxygens (including phenoxy) is 1. The molecule has 5 heteroatoms. The number of hydrogen-bond acceptors (Lipinski definition) is 4. The van der Waals surface area contributed by atoms with Crippen LogP contribution in [-0.2, 0) is 16.1 Å². The number of carbonyl (C=O) groups excluding carboxylic acids is 1. The Morgan fingerprint density at radius 1 is 1.50 bits per heavy atom. The van der Waals surface area contributed by atoms with Crippen LogP contribution < -0.4 is 11.3 Å². The molecule has 16 heavy (non-hydrogen) atoms. The third kappa shape index (κ3) is 2.85. The van der Waals surface area contributed by atoms with Crippen molar-refractivity contribution in [3.05, 3.63) is 28.7 Å². The highest BCUT2D eigenvalue weighted by Gasteiger charge is 2.23. The average molecular weight is 222 g/mol. The molecule has 1 saturated carbocycles. The first kappa shape index (κ1) is 10.7. The van der Waals surface area contributed by atoms with Crippen LogP contribution in [0.1, 0.15) is 12.8 Å². The van der Waals surface area contributed by atoms with Crippen molar-refractivity contribution in [1.29, 1.82) is 0 Å². The zero-order valence-electron chi connectivity index (χ0n) is 8.89. The van der Waals surface area contributed by atoms with E-state index in [1.54, 1.807) is 0 Å². The van der Waals surface area contributed by atoms with Gasteiger partial charge in [-0.25, -0.2) is 0 Å². The van der Waals surface area contributed by atoms with Crippen LogP contribution in [0.3, 0.4) is 0 Å². The Hall–Kier alpha value is -1.78. The number of esters is 1. The standard InChI is InChI=1S/C11H14N2O3/c12-9-3-4-10(14)13(5-9)6-11(15)16-7-8-1-2-8/h3-5,8H,1-2,6-7,12H2. The topological polar surface area (TPSA) is 74.3 Å². The van der Waals surface area contributed by atoms with Crippen LogP contribution in [0.15, 0.2) is 23.1 Å². The van der Waals surface area contributed by atoms with Crippen LogP contribution in [0, 0.1) is 5.92 Å². The van der Waals surface area contributed by atoms with Gasteiger partial charge in [-0.05, 0) is 24.8 Å². The number of hydrogen-bond donors (Lipinski definition) is 1. The molecule has 0 spiro atoms. The predicted octanol–water partition coefficient (Wildman–Crippen LogP) is 0.384. The number of nitrogens with two attached hydrogens (primary N) is 1. The summed E-state index contributed by atoms with van der Waals surface area (Å²) in [5.74, 6) is 0.140. The lowest BCUT2D eigenvalue weighted by Gasteiger charge is -2.06. The lowest BCUT2D eigenvalue weighted by atomic mass is 10.4. The Kier molecular flexibility index (Phi) is 2.94. The van der Waals surface area contributed by atoms with Crippen molar-refractivity contribution in [3.8, 4) is 0 Å². The summed E-state index contributed by atoms with van der Waals surface area (Å²) in [7, 11) is 0. The van der Waals surface area contributed by atoms with Crippen molar-refractivity contribution in [3.63, 3.8) is 0 Å². The number of carbonyl (C=O) groups is 1. The molecule has 1 aliphatic carbocycles. The molecule has 0 radical (unpaired) electrons. The third-order valence-electron chi connectivity index (χ3n) is 2.48. The van der Waals surface area contributed by atoms with Gasteiger partial charge in [-0.1, -0.05) is 0 Å². The summed E-state index contributed by atoms with van der Waals surface area (Å²) < 4.78 is 6.28. The normalized spacial score (nSPS) is 14.8. The summed E-state index contributed by atoms with van der Waals surface area (Å²) in [5, 5.41) is 0. The maximum absolute atomic E-state index is 11.4. The van der Waals surface area contributed by atoms with E-state index in [9.17, 15) is 9.59 Å². The van der Waals surface area contributed by atoms with E-state index in [1.807, 2.05) is 0 Å². The molecule has 5 nitrogen and oxygen atoms in total. The van der Waals surface area contributed by atoms with Gasteiger partial charge < -0.3 is 15.0 Å². The fourth-order valence-corrected chi connectivity index (χ4v) is 1.35. The lowest BCUT2D eigenvalue weighted by Crippen LogP contribution is -2.24. The largest absolute Gasteiger partial charge is 0.464 e. The van der Waals surface area contributed by atoms with Gasteiger partial charge in [0.25, 0.3) is 5.56 Å². The van der Waals surface area contributed by atoms with Gasteiger partial charge in [0.2, 0.25) is 0 Å². The van der Waals surface area contributed by atoms with Crippen LogP contribution in [0.2, 0.25) is 0 Å². The molecule has 0 aliphatic heterocycles. The summed E-state index contributed by atoms with van der Waals surface area (Å²) in [6.45, 7) is 0.395. The van der Waals surface area contributed by atoms with Crippen LogP contribution in [0.25, 0.3) is 0 Å². The molecule has 1 aromatic rings. The molecule has 0 bridgehead atoms. The molecule has 0 saturated heterocycles. The molecule has 0 amide bonds. The Balaban J connectivity index is 1.93. The monoisotopic (exact) mass is 222 g/mol. The van der Waals surface area contributed by atoms with Crippen molar-refractivity contribution >= 4 is 11.7 Å². The molecular formula is C11H14N2O3. The van der Waals surface area contributed by atoms with Crippen LogP contribution in [-0.4, -0.2) is 17.1 Å². The molecule has 1 aliphatic rings. The van der Waals surface area contributed by atoms with Gasteiger partial charge in [0, 0.05) is 18.0 Å². The molecule has 1 heterocycles. The Bertz CT molecular complexity index is 449. The zero-order valence-corrected chi connectivity index (χ0v) is 8.89. The smallest absolute Gasteiger partial charge is 0.326 e. The molecule has 86 valence electrons. The highest BCUT2D eigenvalue weighted by Crippen LogP contribution is 2.28.